The van der Waals surface area contributed by atoms with Gasteiger partial charge in [0.15, 0.2) is 0 Å². The third-order valence-corrected chi connectivity index (χ3v) is 6.81. The summed E-state index contributed by atoms with van der Waals surface area (Å²) in [6.45, 7) is 2.00. The summed E-state index contributed by atoms with van der Waals surface area (Å²) >= 11 is 0. The van der Waals surface area contributed by atoms with E-state index >= 15 is 0 Å². The monoisotopic (exact) mass is 494 g/mol. The Morgan fingerprint density at radius 2 is 2.00 bits per heavy atom. The van der Waals surface area contributed by atoms with Crippen LogP contribution < -0.4 is 5.32 Å². The molecule has 1 unspecified atom stereocenters. The number of benzene rings is 1. The molecule has 36 heavy (non-hydrogen) atoms. The summed E-state index contributed by atoms with van der Waals surface area (Å²) in [7, 11) is 0. The molecule has 0 radical (unpaired) electrons. The Balaban J connectivity index is 1.33. The molecule has 3 aliphatic rings. The molecule has 3 heterocycles. The molecule has 0 spiro atoms. The van der Waals surface area contributed by atoms with Crippen molar-refractivity contribution in [2.75, 3.05) is 26.2 Å². The van der Waals surface area contributed by atoms with Gasteiger partial charge in [0.05, 0.1) is 6.33 Å². The van der Waals surface area contributed by atoms with Crippen LogP contribution in [0.15, 0.2) is 65.2 Å². The average Bonchev–Trinajstić information content (AvgIpc) is 3.49. The predicted molar refractivity (Wildman–Crippen MR) is 130 cm³/mol. The molecule has 1 aliphatic carbocycles. The number of aliphatic imine (C=N–C) groups is 1. The summed E-state index contributed by atoms with van der Waals surface area (Å²) < 4.78 is 30.0. The standard InChI is InChI=1S/C26H28F2N6O2/c27-21-12-20(13-22(28)14-21)24-25(31-26(36)34(24)9-3-8-32-11-7-29-17-32)30-15-23(35)33-10-6-18-4-1-2-5-19(18)16-33/h2,5,7,11-14,17,24H,1,3-4,6,8-10,15-16H2,(H,30,31,36). The van der Waals surface area contributed by atoms with Crippen LogP contribution in [0.2, 0.25) is 0 Å². The number of amides is 3. The maximum absolute atomic E-state index is 14.1. The fourth-order valence-electron chi connectivity index (χ4n) is 5.02. The summed E-state index contributed by atoms with van der Waals surface area (Å²) in [5.74, 6) is -1.41. The van der Waals surface area contributed by atoms with Gasteiger partial charge in [0.25, 0.3) is 0 Å². The Morgan fingerprint density at radius 3 is 2.78 bits per heavy atom. The van der Waals surface area contributed by atoms with E-state index in [9.17, 15) is 18.4 Å². The van der Waals surface area contributed by atoms with Crippen LogP contribution in [0.1, 0.15) is 37.3 Å². The molecule has 10 heteroatoms. The molecule has 1 saturated heterocycles. The molecular formula is C26H28F2N6O2. The van der Waals surface area contributed by atoms with Crippen molar-refractivity contribution in [1.29, 1.82) is 0 Å². The number of halogens is 2. The minimum Gasteiger partial charge on any atom is -0.337 e. The summed E-state index contributed by atoms with van der Waals surface area (Å²) in [4.78, 5) is 37.5. The highest BCUT2D eigenvalue weighted by Gasteiger charge is 2.38. The Kier molecular flexibility index (Phi) is 6.92. The molecule has 1 aromatic carbocycles. The lowest BCUT2D eigenvalue weighted by molar-refractivity contribution is -0.129. The fraction of sp³-hybridized carbons (Fsp3) is 0.385. The number of imidazole rings is 1. The number of allylic oxidation sites excluding steroid dienone is 1. The number of carbonyl (C=O) groups is 2. The Labute approximate surface area is 208 Å². The highest BCUT2D eigenvalue weighted by Crippen LogP contribution is 2.29. The van der Waals surface area contributed by atoms with Gasteiger partial charge in [-0.1, -0.05) is 17.7 Å². The molecule has 5 rings (SSSR count). The van der Waals surface area contributed by atoms with E-state index in [0.29, 0.717) is 32.6 Å². The van der Waals surface area contributed by atoms with Crippen LogP contribution in [0.4, 0.5) is 13.6 Å². The number of amidine groups is 1. The van der Waals surface area contributed by atoms with Crippen molar-refractivity contribution in [1.82, 2.24) is 24.7 Å². The Hall–Kier alpha value is -3.82. The van der Waals surface area contributed by atoms with Crippen molar-refractivity contribution in [3.05, 3.63) is 77.4 Å². The van der Waals surface area contributed by atoms with Crippen molar-refractivity contribution in [2.45, 2.75) is 38.3 Å². The predicted octanol–water partition coefficient (Wildman–Crippen LogP) is 3.60. The van der Waals surface area contributed by atoms with Crippen molar-refractivity contribution in [3.8, 4) is 0 Å². The maximum Gasteiger partial charge on any atom is 0.323 e. The van der Waals surface area contributed by atoms with Crippen LogP contribution in [0.25, 0.3) is 0 Å². The smallest absolute Gasteiger partial charge is 0.323 e. The third kappa shape index (κ3) is 5.22. The molecule has 2 aromatic rings. The van der Waals surface area contributed by atoms with Gasteiger partial charge in [-0.05, 0) is 49.0 Å². The van der Waals surface area contributed by atoms with Gasteiger partial charge in [0.1, 0.15) is 30.1 Å². The largest absolute Gasteiger partial charge is 0.337 e. The lowest BCUT2D eigenvalue weighted by Gasteiger charge is -2.31. The minimum atomic E-state index is -0.810. The van der Waals surface area contributed by atoms with Gasteiger partial charge in [0, 0.05) is 44.6 Å². The first-order chi connectivity index (χ1) is 17.5. The molecule has 0 bridgehead atoms. The van der Waals surface area contributed by atoms with E-state index in [1.807, 2.05) is 10.8 Å². The average molecular weight is 495 g/mol. The first kappa shape index (κ1) is 23.9. The van der Waals surface area contributed by atoms with Crippen molar-refractivity contribution in [3.63, 3.8) is 0 Å². The summed E-state index contributed by atoms with van der Waals surface area (Å²) in [5, 5.41) is 2.72. The molecule has 2 aliphatic heterocycles. The van der Waals surface area contributed by atoms with Crippen molar-refractivity contribution in [2.24, 2.45) is 4.99 Å². The quantitative estimate of drug-likeness (QED) is 0.639. The molecule has 1 aromatic heterocycles. The Morgan fingerprint density at radius 1 is 1.17 bits per heavy atom. The van der Waals surface area contributed by atoms with Gasteiger partial charge in [0.2, 0.25) is 5.91 Å². The SMILES string of the molecule is O=C(CN=C1NC(=O)N(CCCn2ccnc2)C1c1cc(F)cc(F)c1)N1CCC2=C(C=CCC2)C1. The summed E-state index contributed by atoms with van der Waals surface area (Å²) in [6, 6.07) is 1.96. The normalized spacial score (nSPS) is 20.8. The van der Waals surface area contributed by atoms with Gasteiger partial charge in [-0.3, -0.25) is 15.1 Å². The number of aryl methyl sites for hydroxylation is 1. The number of hydrogen-bond acceptors (Lipinski definition) is 4. The molecule has 1 N–H and O–H groups in total. The zero-order valence-corrected chi connectivity index (χ0v) is 19.9. The van der Waals surface area contributed by atoms with E-state index < -0.39 is 23.7 Å². The van der Waals surface area contributed by atoms with Gasteiger partial charge >= 0.3 is 6.03 Å². The Bertz CT molecular complexity index is 1220. The minimum absolute atomic E-state index is 0.148. The van der Waals surface area contributed by atoms with E-state index in [0.717, 1.165) is 25.3 Å². The van der Waals surface area contributed by atoms with Gasteiger partial charge < -0.3 is 14.4 Å². The van der Waals surface area contributed by atoms with E-state index in [2.05, 4.69) is 27.4 Å². The van der Waals surface area contributed by atoms with Crippen LogP contribution in [0.5, 0.6) is 0 Å². The third-order valence-electron chi connectivity index (χ3n) is 6.81. The highest BCUT2D eigenvalue weighted by atomic mass is 19.1. The van der Waals surface area contributed by atoms with E-state index in [4.69, 9.17) is 0 Å². The summed E-state index contributed by atoms with van der Waals surface area (Å²) in [5.41, 5.74) is 2.87. The van der Waals surface area contributed by atoms with Crippen LogP contribution in [0, 0.1) is 11.6 Å². The van der Waals surface area contributed by atoms with Crippen LogP contribution in [0.3, 0.4) is 0 Å². The number of aromatic nitrogens is 2. The maximum atomic E-state index is 14.1. The first-order valence-electron chi connectivity index (χ1n) is 12.2. The van der Waals surface area contributed by atoms with Crippen LogP contribution in [-0.2, 0) is 11.3 Å². The lowest BCUT2D eigenvalue weighted by atomic mass is 9.92. The zero-order valence-electron chi connectivity index (χ0n) is 19.9. The van der Waals surface area contributed by atoms with Gasteiger partial charge in [-0.2, -0.15) is 0 Å². The number of hydrogen-bond donors (Lipinski definition) is 1. The van der Waals surface area contributed by atoms with Crippen molar-refractivity contribution < 1.29 is 18.4 Å². The number of nitrogens with zero attached hydrogens (tertiary/aromatic N) is 5. The van der Waals surface area contributed by atoms with Crippen LogP contribution >= 0.6 is 0 Å². The second-order valence-corrected chi connectivity index (χ2v) is 9.22. The van der Waals surface area contributed by atoms with E-state index in [1.165, 1.54) is 28.2 Å². The molecule has 8 nitrogen and oxygen atoms in total. The number of urea groups is 1. The number of nitrogens with one attached hydrogen (secondary N) is 1. The molecule has 1 fully saturated rings. The number of rotatable bonds is 7. The topological polar surface area (TPSA) is 82.8 Å². The highest BCUT2D eigenvalue weighted by molar-refractivity contribution is 6.08. The van der Waals surface area contributed by atoms with Gasteiger partial charge in [-0.25, -0.2) is 18.6 Å². The second-order valence-electron chi connectivity index (χ2n) is 9.22. The second kappa shape index (κ2) is 10.4. The zero-order chi connectivity index (χ0) is 25.1. The first-order valence-corrected chi connectivity index (χ1v) is 12.2. The lowest BCUT2D eigenvalue weighted by Crippen LogP contribution is -2.39. The van der Waals surface area contributed by atoms with Crippen molar-refractivity contribution >= 4 is 17.8 Å². The molecule has 1 atom stereocenters. The number of carbonyl (C=O) groups excluding carboxylic acids is 2. The van der Waals surface area contributed by atoms with Gasteiger partial charge in [-0.15, -0.1) is 0 Å². The van der Waals surface area contributed by atoms with E-state index in [1.54, 1.807) is 17.4 Å². The molecule has 0 saturated carbocycles. The molecule has 188 valence electrons. The van der Waals surface area contributed by atoms with E-state index in [-0.39, 0.29) is 23.9 Å². The molecular weight excluding hydrogens is 466 g/mol. The molecule has 3 amide bonds. The fourth-order valence-corrected chi connectivity index (χ4v) is 5.02. The summed E-state index contributed by atoms with van der Waals surface area (Å²) in [6.07, 6.45) is 13.0. The van der Waals surface area contributed by atoms with Crippen LogP contribution in [-0.4, -0.2) is 63.3 Å².